The number of nitrogens with zero attached hydrogens (tertiary/aromatic N) is 3. The smallest absolute Gasteiger partial charge is 0.338 e. The molecule has 0 aliphatic heterocycles. The largest absolute Gasteiger partial charge is 0.436 e. The Hall–Kier alpha value is -3.47. The molecule has 1 saturated carbocycles. The van der Waals surface area contributed by atoms with Crippen LogP contribution in [0.1, 0.15) is 47.6 Å². The molecule has 0 spiro atoms. The predicted molar refractivity (Wildman–Crippen MR) is 91.0 cm³/mol. The normalized spacial score (nSPS) is 19.0. The molecule has 0 bridgehead atoms. The molecule has 1 aliphatic rings. The van der Waals surface area contributed by atoms with Gasteiger partial charge in [0.1, 0.15) is 12.1 Å². The number of aromatic nitrogens is 1. The third-order valence-corrected chi connectivity index (χ3v) is 4.89. The minimum Gasteiger partial charge on any atom is -0.338 e. The van der Waals surface area contributed by atoms with Gasteiger partial charge in [0.2, 0.25) is 17.7 Å². The molecule has 11 heteroatoms. The molecule has 0 radical (unpaired) electrons. The van der Waals surface area contributed by atoms with E-state index in [1.165, 1.54) is 18.2 Å². The summed E-state index contributed by atoms with van der Waals surface area (Å²) in [5.74, 6) is -6.47. The number of carbonyl (C=O) groups is 1. The van der Waals surface area contributed by atoms with Crippen molar-refractivity contribution in [3.05, 3.63) is 46.6 Å². The Kier molecular flexibility index (Phi) is 5.49. The van der Waals surface area contributed by atoms with Gasteiger partial charge in [-0.25, -0.2) is 8.78 Å². The first-order chi connectivity index (χ1) is 14.0. The zero-order chi connectivity index (χ0) is 22.1. The van der Waals surface area contributed by atoms with Crippen molar-refractivity contribution < 1.29 is 31.3 Å². The maximum absolute atomic E-state index is 13.8. The summed E-state index contributed by atoms with van der Waals surface area (Å²) in [6, 6.07) is 8.00. The zero-order valence-corrected chi connectivity index (χ0v) is 15.1. The average Bonchev–Trinajstić information content (AvgIpc) is 3.28. The van der Waals surface area contributed by atoms with E-state index in [9.17, 15) is 32.0 Å². The van der Waals surface area contributed by atoms with Gasteiger partial charge in [0.15, 0.2) is 5.69 Å². The summed E-state index contributed by atoms with van der Waals surface area (Å²) in [7, 11) is 0. The number of nitriles is 2. The topological polar surface area (TPSA) is 103 Å². The van der Waals surface area contributed by atoms with Crippen molar-refractivity contribution in [1.29, 1.82) is 10.5 Å². The van der Waals surface area contributed by atoms with Crippen LogP contribution in [0.4, 0.5) is 27.8 Å². The summed E-state index contributed by atoms with van der Waals surface area (Å²) in [5, 5.41) is 23.2. The van der Waals surface area contributed by atoms with Crippen molar-refractivity contribution in [3.63, 3.8) is 0 Å². The maximum Gasteiger partial charge on any atom is 0.436 e. The molecular formula is C19H13F5N4O2. The van der Waals surface area contributed by atoms with Gasteiger partial charge in [0.25, 0.3) is 0 Å². The predicted octanol–water partition coefficient (Wildman–Crippen LogP) is 4.59. The van der Waals surface area contributed by atoms with E-state index >= 15 is 0 Å². The molecule has 6 nitrogen and oxygen atoms in total. The molecule has 2 aromatic rings. The average molecular weight is 424 g/mol. The molecule has 0 unspecified atom stereocenters. The molecule has 1 aromatic carbocycles. The number of anilines is 1. The van der Waals surface area contributed by atoms with Gasteiger partial charge in [-0.05, 0) is 30.0 Å². The number of amides is 1. The lowest BCUT2D eigenvalue weighted by atomic mass is 9.83. The molecule has 1 fully saturated rings. The lowest BCUT2D eigenvalue weighted by molar-refractivity contribution is -0.142. The highest BCUT2D eigenvalue weighted by atomic mass is 19.4. The van der Waals surface area contributed by atoms with E-state index < -0.39 is 54.3 Å². The van der Waals surface area contributed by atoms with Crippen LogP contribution in [0.25, 0.3) is 0 Å². The van der Waals surface area contributed by atoms with Crippen molar-refractivity contribution in [2.24, 2.45) is 5.92 Å². The first kappa shape index (κ1) is 21.2. The highest BCUT2D eigenvalue weighted by Gasteiger charge is 2.45. The number of halogens is 5. The summed E-state index contributed by atoms with van der Waals surface area (Å²) in [6.07, 6.45) is -5.83. The Morgan fingerprint density at radius 1 is 1.23 bits per heavy atom. The van der Waals surface area contributed by atoms with E-state index in [1.54, 1.807) is 6.07 Å². The molecule has 1 amide bonds. The van der Waals surface area contributed by atoms with Crippen LogP contribution >= 0.6 is 0 Å². The second-order valence-electron chi connectivity index (χ2n) is 6.93. The standard InChI is InChI=1S/C19H13F5N4O2/c20-18(21)4-3-11(7-18)16(10-1-2-12(8-25)13(5-10)9-26)17(29)27-15-6-14(28-30-15)19(22,23)24/h1-2,5-6,11,16H,3-4,7H2,(H,27,29)/t11-,16+/m0/s1. The van der Waals surface area contributed by atoms with E-state index in [0.29, 0.717) is 6.07 Å². The summed E-state index contributed by atoms with van der Waals surface area (Å²) in [4.78, 5) is 12.9. The van der Waals surface area contributed by atoms with Crippen LogP contribution in [0.3, 0.4) is 0 Å². The molecule has 1 aliphatic carbocycles. The van der Waals surface area contributed by atoms with Crippen molar-refractivity contribution in [2.45, 2.75) is 37.3 Å². The fraction of sp³-hybridized carbons (Fsp3) is 0.368. The second kappa shape index (κ2) is 7.75. The van der Waals surface area contributed by atoms with Gasteiger partial charge in [-0.15, -0.1) is 0 Å². The number of rotatable bonds is 4. The van der Waals surface area contributed by atoms with Gasteiger partial charge in [-0.2, -0.15) is 23.7 Å². The fourth-order valence-corrected chi connectivity index (χ4v) is 3.52. The number of hydrogen-bond acceptors (Lipinski definition) is 5. The van der Waals surface area contributed by atoms with E-state index in [0.717, 1.165) is 0 Å². The van der Waals surface area contributed by atoms with Crippen molar-refractivity contribution >= 4 is 11.8 Å². The Morgan fingerprint density at radius 3 is 2.47 bits per heavy atom. The van der Waals surface area contributed by atoms with Crippen molar-refractivity contribution in [2.75, 3.05) is 5.32 Å². The number of nitrogens with one attached hydrogen (secondary N) is 1. The Labute approximate surface area is 166 Å². The minimum absolute atomic E-state index is 0.00280. The third-order valence-electron chi connectivity index (χ3n) is 4.89. The molecular weight excluding hydrogens is 411 g/mol. The van der Waals surface area contributed by atoms with Gasteiger partial charge < -0.3 is 4.52 Å². The molecule has 2 atom stereocenters. The van der Waals surface area contributed by atoms with Crippen molar-refractivity contribution in [1.82, 2.24) is 5.16 Å². The fourth-order valence-electron chi connectivity index (χ4n) is 3.52. The number of alkyl halides is 5. The zero-order valence-electron chi connectivity index (χ0n) is 15.1. The summed E-state index contributed by atoms with van der Waals surface area (Å²) < 4.78 is 70.1. The van der Waals surface area contributed by atoms with Gasteiger partial charge in [0.05, 0.1) is 17.0 Å². The van der Waals surface area contributed by atoms with Crippen LogP contribution in [0.2, 0.25) is 0 Å². The van der Waals surface area contributed by atoms with E-state index in [2.05, 4.69) is 15.0 Å². The van der Waals surface area contributed by atoms with E-state index in [-0.39, 0.29) is 23.1 Å². The molecule has 1 heterocycles. The molecule has 30 heavy (non-hydrogen) atoms. The van der Waals surface area contributed by atoms with E-state index in [1.807, 2.05) is 6.07 Å². The molecule has 156 valence electrons. The van der Waals surface area contributed by atoms with Crippen LogP contribution in [-0.2, 0) is 11.0 Å². The number of benzene rings is 1. The lowest BCUT2D eigenvalue weighted by Gasteiger charge is -2.23. The highest BCUT2D eigenvalue weighted by molar-refractivity contribution is 5.95. The molecule has 3 rings (SSSR count). The molecule has 1 N–H and O–H groups in total. The van der Waals surface area contributed by atoms with Crippen LogP contribution in [0.15, 0.2) is 28.8 Å². The number of carbonyl (C=O) groups excluding carboxylic acids is 1. The molecule has 1 aromatic heterocycles. The summed E-state index contributed by atoms with van der Waals surface area (Å²) >= 11 is 0. The lowest BCUT2D eigenvalue weighted by Crippen LogP contribution is -2.27. The van der Waals surface area contributed by atoms with Gasteiger partial charge >= 0.3 is 6.18 Å². The Bertz CT molecular complexity index is 1050. The molecule has 0 saturated heterocycles. The van der Waals surface area contributed by atoms with Crippen LogP contribution < -0.4 is 5.32 Å². The van der Waals surface area contributed by atoms with Crippen molar-refractivity contribution in [3.8, 4) is 12.1 Å². The minimum atomic E-state index is -4.78. The third kappa shape index (κ3) is 4.40. The number of hydrogen-bond donors (Lipinski definition) is 1. The van der Waals surface area contributed by atoms with Gasteiger partial charge in [-0.1, -0.05) is 11.2 Å². The van der Waals surface area contributed by atoms with Crippen LogP contribution in [-0.4, -0.2) is 17.0 Å². The van der Waals surface area contributed by atoms with Gasteiger partial charge in [-0.3, -0.25) is 10.1 Å². The Morgan fingerprint density at radius 2 is 1.93 bits per heavy atom. The summed E-state index contributed by atoms with van der Waals surface area (Å²) in [5.41, 5.74) is -1.16. The van der Waals surface area contributed by atoms with Crippen LogP contribution in [0.5, 0.6) is 0 Å². The summed E-state index contributed by atoms with van der Waals surface area (Å²) in [6.45, 7) is 0. The monoisotopic (exact) mass is 424 g/mol. The van der Waals surface area contributed by atoms with E-state index in [4.69, 9.17) is 5.26 Å². The first-order valence-corrected chi connectivity index (χ1v) is 8.71. The SMILES string of the molecule is N#Cc1ccc([C@@H](C(=O)Nc2cc(C(F)(F)F)no2)[C@H]2CCC(F)(F)C2)cc1C#N. The highest BCUT2D eigenvalue weighted by Crippen LogP contribution is 2.46. The maximum atomic E-state index is 13.8. The van der Waals surface area contributed by atoms with Crippen LogP contribution in [0, 0.1) is 28.6 Å². The first-order valence-electron chi connectivity index (χ1n) is 8.71. The Balaban J connectivity index is 1.94. The quantitative estimate of drug-likeness (QED) is 0.723. The second-order valence-corrected chi connectivity index (χ2v) is 6.93. The van der Waals surface area contributed by atoms with Gasteiger partial charge in [0, 0.05) is 18.9 Å².